The van der Waals surface area contributed by atoms with Crippen molar-refractivity contribution in [1.29, 1.82) is 0 Å². The minimum atomic E-state index is -0.295. The Bertz CT molecular complexity index is 1100. The van der Waals surface area contributed by atoms with Gasteiger partial charge in [0.25, 0.3) is 5.56 Å². The van der Waals surface area contributed by atoms with Crippen LogP contribution in [0.3, 0.4) is 0 Å². The maximum atomic E-state index is 12.8. The van der Waals surface area contributed by atoms with Crippen LogP contribution in [0, 0.1) is 0 Å². The van der Waals surface area contributed by atoms with Crippen LogP contribution in [0.25, 0.3) is 11.1 Å². The Morgan fingerprint density at radius 3 is 2.81 bits per heavy atom. The molecule has 2 atom stereocenters. The molecule has 3 aromatic rings. The van der Waals surface area contributed by atoms with E-state index in [0.29, 0.717) is 16.4 Å². The minimum absolute atomic E-state index is 0.0918. The van der Waals surface area contributed by atoms with Crippen LogP contribution in [0.2, 0.25) is 5.02 Å². The number of nitrogens with zero attached hydrogens (tertiary/aromatic N) is 2. The highest BCUT2D eigenvalue weighted by Gasteiger charge is 2.28. The monoisotopic (exact) mass is 436 g/mol. The Kier molecular flexibility index (Phi) is 6.49. The van der Waals surface area contributed by atoms with E-state index in [-0.39, 0.29) is 23.4 Å². The zero-order valence-electron chi connectivity index (χ0n) is 17.3. The molecule has 1 aliphatic rings. The number of anilines is 1. The number of pyridine rings is 2. The first-order chi connectivity index (χ1) is 15.0. The van der Waals surface area contributed by atoms with Crippen LogP contribution in [0.1, 0.15) is 31.2 Å². The average Bonchev–Trinajstić information content (AvgIpc) is 2.81. The molecule has 0 radical (unpaired) electrons. The van der Waals surface area contributed by atoms with Crippen LogP contribution in [-0.2, 0) is 4.79 Å². The van der Waals surface area contributed by atoms with Gasteiger partial charge in [-0.05, 0) is 61.6 Å². The third kappa shape index (κ3) is 5.03. The number of halogens is 1. The molecule has 1 unspecified atom stereocenters. The van der Waals surface area contributed by atoms with Crippen molar-refractivity contribution < 1.29 is 4.79 Å². The second-order valence-corrected chi connectivity index (χ2v) is 8.34. The number of carbonyl (C=O) groups excluding carboxylic acids is 1. The fourth-order valence-corrected chi connectivity index (χ4v) is 4.16. The molecule has 2 N–H and O–H groups in total. The Labute approximate surface area is 186 Å². The third-order valence-corrected chi connectivity index (χ3v) is 6.06. The summed E-state index contributed by atoms with van der Waals surface area (Å²) in [6.45, 7) is 3.52. The van der Waals surface area contributed by atoms with Gasteiger partial charge in [-0.2, -0.15) is 0 Å². The molecule has 31 heavy (non-hydrogen) atoms. The highest BCUT2D eigenvalue weighted by molar-refractivity contribution is 6.30. The summed E-state index contributed by atoms with van der Waals surface area (Å²) in [5, 5.41) is 3.39. The Morgan fingerprint density at radius 2 is 2.06 bits per heavy atom. The number of rotatable bonds is 5. The predicted octanol–water partition coefficient (Wildman–Crippen LogP) is 4.30. The first kappa shape index (κ1) is 21.3. The average molecular weight is 437 g/mol. The van der Waals surface area contributed by atoms with Crippen molar-refractivity contribution in [1.82, 2.24) is 14.9 Å². The lowest BCUT2D eigenvalue weighted by Gasteiger charge is -2.36. The summed E-state index contributed by atoms with van der Waals surface area (Å²) >= 11 is 5.86. The molecule has 2 aromatic heterocycles. The zero-order chi connectivity index (χ0) is 21.8. The second kappa shape index (κ2) is 9.45. The summed E-state index contributed by atoms with van der Waals surface area (Å²) in [7, 11) is 0. The number of hydrogen-bond donors (Lipinski definition) is 2. The smallest absolute Gasteiger partial charge is 0.255 e. The molecular formula is C24H25ClN4O2. The Morgan fingerprint density at radius 1 is 1.26 bits per heavy atom. The molecule has 1 aromatic carbocycles. The number of amides is 1. The van der Waals surface area contributed by atoms with Crippen molar-refractivity contribution in [3.05, 3.63) is 81.9 Å². The van der Waals surface area contributed by atoms with Gasteiger partial charge in [0.2, 0.25) is 5.91 Å². The number of piperidine rings is 1. The number of likely N-dealkylation sites (tertiary alicyclic amines) is 1. The molecule has 0 spiro atoms. The van der Waals surface area contributed by atoms with Gasteiger partial charge < -0.3 is 10.3 Å². The van der Waals surface area contributed by atoms with Gasteiger partial charge in [0.1, 0.15) is 5.82 Å². The molecule has 6 nitrogen and oxygen atoms in total. The largest absolute Gasteiger partial charge is 0.328 e. The summed E-state index contributed by atoms with van der Waals surface area (Å²) in [6.07, 6.45) is 5.33. The highest BCUT2D eigenvalue weighted by atomic mass is 35.5. The number of carbonyl (C=O) groups is 1. The molecule has 1 fully saturated rings. The van der Waals surface area contributed by atoms with Crippen LogP contribution in [0.4, 0.5) is 5.82 Å². The van der Waals surface area contributed by atoms with E-state index in [1.165, 1.54) is 6.20 Å². The SMILES string of the molecule is CC(C(=O)Nc1ccc(Cl)cn1)N1CCC[C@@H](c2c[nH]c(=O)c(-c3ccccc3)c2)C1. The quantitative estimate of drug-likeness (QED) is 0.625. The van der Waals surface area contributed by atoms with Crippen molar-refractivity contribution >= 4 is 23.3 Å². The van der Waals surface area contributed by atoms with E-state index in [9.17, 15) is 9.59 Å². The van der Waals surface area contributed by atoms with E-state index >= 15 is 0 Å². The van der Waals surface area contributed by atoms with Gasteiger partial charge in [-0.3, -0.25) is 14.5 Å². The number of H-pyrrole nitrogens is 1. The van der Waals surface area contributed by atoms with Crippen molar-refractivity contribution in [3.8, 4) is 11.1 Å². The maximum absolute atomic E-state index is 12.8. The minimum Gasteiger partial charge on any atom is -0.328 e. The van der Waals surface area contributed by atoms with Crippen molar-refractivity contribution in [2.24, 2.45) is 0 Å². The normalized spacial score (nSPS) is 17.8. The molecule has 0 aliphatic carbocycles. The van der Waals surface area contributed by atoms with E-state index < -0.39 is 0 Å². The molecule has 1 saturated heterocycles. The van der Waals surface area contributed by atoms with Crippen molar-refractivity contribution in [2.75, 3.05) is 18.4 Å². The van der Waals surface area contributed by atoms with Gasteiger partial charge in [-0.15, -0.1) is 0 Å². The van der Waals surface area contributed by atoms with Gasteiger partial charge >= 0.3 is 0 Å². The van der Waals surface area contributed by atoms with Gasteiger partial charge in [0.05, 0.1) is 11.1 Å². The number of nitrogens with one attached hydrogen (secondary N) is 2. The Hall–Kier alpha value is -2.96. The standard InChI is InChI=1S/C24H25ClN4O2/c1-16(23(30)28-22-10-9-20(25)14-26-22)29-11-5-8-18(15-29)19-12-21(24(31)27-13-19)17-6-3-2-4-7-17/h2-4,6-7,9-10,12-14,16,18H,5,8,11,15H2,1H3,(H,27,31)(H,26,28,30)/t16?,18-/m1/s1. The van der Waals surface area contributed by atoms with Gasteiger partial charge in [-0.1, -0.05) is 41.9 Å². The van der Waals surface area contributed by atoms with Crippen LogP contribution in [0.15, 0.2) is 65.7 Å². The summed E-state index contributed by atoms with van der Waals surface area (Å²) < 4.78 is 0. The van der Waals surface area contributed by atoms with E-state index in [1.807, 2.05) is 49.5 Å². The topological polar surface area (TPSA) is 78.1 Å². The van der Waals surface area contributed by atoms with E-state index in [0.717, 1.165) is 37.1 Å². The highest BCUT2D eigenvalue weighted by Crippen LogP contribution is 2.29. The number of hydrogen-bond acceptors (Lipinski definition) is 4. The molecule has 1 amide bonds. The van der Waals surface area contributed by atoms with Crippen molar-refractivity contribution in [3.63, 3.8) is 0 Å². The Balaban J connectivity index is 1.47. The second-order valence-electron chi connectivity index (χ2n) is 7.90. The van der Waals surface area contributed by atoms with E-state index in [4.69, 9.17) is 11.6 Å². The molecule has 4 rings (SSSR count). The number of benzene rings is 1. The molecule has 160 valence electrons. The first-order valence-corrected chi connectivity index (χ1v) is 10.8. The van der Waals surface area contributed by atoms with Crippen LogP contribution in [0.5, 0.6) is 0 Å². The lowest BCUT2D eigenvalue weighted by atomic mass is 9.89. The van der Waals surface area contributed by atoms with Crippen LogP contribution >= 0.6 is 11.6 Å². The van der Waals surface area contributed by atoms with Gasteiger partial charge in [0, 0.05) is 24.5 Å². The molecule has 0 bridgehead atoms. The summed E-state index contributed by atoms with van der Waals surface area (Å²) in [4.78, 5) is 34.4. The van der Waals surface area contributed by atoms with Crippen LogP contribution < -0.4 is 10.9 Å². The third-order valence-electron chi connectivity index (χ3n) is 5.84. The number of aromatic amines is 1. The van der Waals surface area contributed by atoms with E-state index in [2.05, 4.69) is 20.2 Å². The van der Waals surface area contributed by atoms with Gasteiger partial charge in [-0.25, -0.2) is 4.98 Å². The summed E-state index contributed by atoms with van der Waals surface area (Å²) in [5.41, 5.74) is 2.58. The summed E-state index contributed by atoms with van der Waals surface area (Å²) in [5.74, 6) is 0.641. The molecule has 3 heterocycles. The van der Waals surface area contributed by atoms with Crippen molar-refractivity contribution in [2.45, 2.75) is 31.7 Å². The maximum Gasteiger partial charge on any atom is 0.255 e. The van der Waals surface area contributed by atoms with Gasteiger partial charge in [0.15, 0.2) is 0 Å². The van der Waals surface area contributed by atoms with Crippen LogP contribution in [-0.4, -0.2) is 39.9 Å². The fourth-order valence-electron chi connectivity index (χ4n) is 4.04. The molecule has 0 saturated carbocycles. The molecule has 1 aliphatic heterocycles. The van der Waals surface area contributed by atoms with E-state index in [1.54, 1.807) is 12.1 Å². The lowest BCUT2D eigenvalue weighted by Crippen LogP contribution is -2.46. The fraction of sp³-hybridized carbons (Fsp3) is 0.292. The zero-order valence-corrected chi connectivity index (χ0v) is 18.1. The predicted molar refractivity (Wildman–Crippen MR) is 123 cm³/mol. The summed E-state index contributed by atoms with van der Waals surface area (Å²) in [6, 6.07) is 14.8. The lowest BCUT2D eigenvalue weighted by molar-refractivity contribution is -0.121. The number of aromatic nitrogens is 2. The first-order valence-electron chi connectivity index (χ1n) is 10.5. The molecule has 7 heteroatoms. The molecular weight excluding hydrogens is 412 g/mol.